The predicted molar refractivity (Wildman–Crippen MR) is 143 cm³/mol. The zero-order valence-corrected chi connectivity index (χ0v) is 29.5. The number of ketones is 2. The van der Waals surface area contributed by atoms with Crippen LogP contribution in [0.5, 0.6) is 5.75 Å². The second-order valence-corrected chi connectivity index (χ2v) is 11.7. The topological polar surface area (TPSA) is 225 Å². The Kier molecular flexibility index (Phi) is 12.2. The number of benzene rings is 3. The second-order valence-electron chi connectivity index (χ2n) is 9.37. The van der Waals surface area contributed by atoms with Crippen molar-refractivity contribution < 1.29 is 109 Å². The number of nitrogens with two attached hydrogens (primary N) is 1. The molecule has 4 rings (SSSR count). The zero-order chi connectivity index (χ0) is 30.4. The monoisotopic (exact) mass is 650 g/mol. The molecule has 17 heteroatoms. The summed E-state index contributed by atoms with van der Waals surface area (Å²) in [5.41, 5.74) is 6.80. The van der Waals surface area contributed by atoms with Crippen molar-refractivity contribution in [3.63, 3.8) is 0 Å². The summed E-state index contributed by atoms with van der Waals surface area (Å²) in [5.74, 6) is -1.37. The van der Waals surface area contributed by atoms with Crippen molar-refractivity contribution in [1.29, 1.82) is 0 Å². The van der Waals surface area contributed by atoms with Crippen LogP contribution in [0.15, 0.2) is 41.3 Å². The quantitative estimate of drug-likeness (QED) is 0.0678. The van der Waals surface area contributed by atoms with Crippen LogP contribution in [0.25, 0.3) is 0 Å². The van der Waals surface area contributed by atoms with E-state index in [1.54, 1.807) is 19.1 Å². The summed E-state index contributed by atoms with van der Waals surface area (Å²) < 4.78 is 77.6. The van der Waals surface area contributed by atoms with Gasteiger partial charge in [-0.2, -0.15) is 0 Å². The number of aliphatic hydroxyl groups is 1. The van der Waals surface area contributed by atoms with Gasteiger partial charge in [-0.1, -0.05) is 30.3 Å². The number of aliphatic hydroxyl groups excluding tert-OH is 1. The van der Waals surface area contributed by atoms with E-state index >= 15 is 0 Å². The number of carbonyl (C=O) groups excluding carboxylic acids is 2. The first-order chi connectivity index (χ1) is 19.0. The molecule has 0 aromatic heterocycles. The normalized spacial score (nSPS) is 13.3. The van der Waals surface area contributed by atoms with Crippen LogP contribution in [-0.2, 0) is 24.7 Å². The van der Waals surface area contributed by atoms with Crippen LogP contribution in [-0.4, -0.2) is 61.9 Å². The molecule has 3 aromatic rings. The number of hydrogen-bond donors (Lipinski definition) is 3. The molecule has 1 aliphatic rings. The van der Waals surface area contributed by atoms with Crippen molar-refractivity contribution >= 4 is 49.1 Å². The molecule has 0 bridgehead atoms. The molecular weight excluding hydrogens is 626 g/mol. The number of hydrogen-bond acceptors (Lipinski definition) is 13. The maximum absolute atomic E-state index is 13.6. The first-order valence-electron chi connectivity index (χ1n) is 11.9. The van der Waals surface area contributed by atoms with Gasteiger partial charge in [-0.3, -0.25) is 13.8 Å². The fraction of sp³-hybridized carbons (Fsp3) is 0.231. The molecule has 0 spiro atoms. The van der Waals surface area contributed by atoms with E-state index in [2.05, 4.69) is 9.50 Å². The third-order valence-electron chi connectivity index (χ3n) is 6.45. The van der Waals surface area contributed by atoms with Gasteiger partial charge in [-0.15, -0.1) is 0 Å². The molecule has 1 atom stereocenters. The summed E-state index contributed by atoms with van der Waals surface area (Å²) >= 11 is 0. The predicted octanol–water partition coefficient (Wildman–Crippen LogP) is -4.16. The Morgan fingerprint density at radius 1 is 0.907 bits per heavy atom. The van der Waals surface area contributed by atoms with E-state index in [-0.39, 0.29) is 115 Å². The van der Waals surface area contributed by atoms with Crippen molar-refractivity contribution in [2.75, 3.05) is 24.3 Å². The minimum Gasteiger partial charge on any atom is -0.744 e. The summed E-state index contributed by atoms with van der Waals surface area (Å²) in [6.07, 6.45) is -1.60. The van der Waals surface area contributed by atoms with Crippen molar-refractivity contribution in [2.45, 2.75) is 31.8 Å². The Balaban J connectivity index is 0.00000323. The fourth-order valence-corrected chi connectivity index (χ4v) is 6.04. The smallest absolute Gasteiger partial charge is 0.744 e. The van der Waals surface area contributed by atoms with Crippen molar-refractivity contribution in [3.8, 4) is 5.75 Å². The molecule has 0 amide bonds. The summed E-state index contributed by atoms with van der Waals surface area (Å²) in [6, 6.07) is 8.78. The van der Waals surface area contributed by atoms with E-state index in [1.165, 1.54) is 38.1 Å². The van der Waals surface area contributed by atoms with Crippen molar-refractivity contribution in [1.82, 2.24) is 0 Å². The maximum Gasteiger partial charge on any atom is 1.00 e. The van der Waals surface area contributed by atoms with Gasteiger partial charge in [0.15, 0.2) is 11.6 Å². The number of ether oxygens (including phenoxy) is 1. The van der Waals surface area contributed by atoms with E-state index in [4.69, 9.17) is 10.5 Å². The van der Waals surface area contributed by atoms with Crippen LogP contribution in [0.2, 0.25) is 0 Å². The number of rotatable bonds is 9. The molecular formula is C26H24N2Na2O11S2. The Morgan fingerprint density at radius 3 is 2.00 bits per heavy atom. The van der Waals surface area contributed by atoms with E-state index < -0.39 is 56.3 Å². The number of nitrogens with one attached hydrogen (secondary N) is 1. The van der Waals surface area contributed by atoms with E-state index in [0.29, 0.717) is 5.56 Å². The molecule has 1 unspecified atom stereocenters. The molecule has 13 nitrogen and oxygen atoms in total. The number of aryl methyl sites for hydroxylation is 2. The van der Waals surface area contributed by atoms with Gasteiger partial charge >= 0.3 is 59.1 Å². The van der Waals surface area contributed by atoms with Crippen LogP contribution < -0.4 is 74.9 Å². The number of carbonyl (C=O) groups is 2. The first kappa shape index (κ1) is 37.3. The average Bonchev–Trinajstić information content (AvgIpc) is 2.86. The third kappa shape index (κ3) is 7.87. The number of anilines is 3. The van der Waals surface area contributed by atoms with Crippen LogP contribution in [0.1, 0.15) is 48.5 Å². The van der Waals surface area contributed by atoms with Crippen LogP contribution in [0.4, 0.5) is 17.1 Å². The van der Waals surface area contributed by atoms with Gasteiger partial charge in [0.25, 0.3) is 0 Å². The van der Waals surface area contributed by atoms with E-state index in [1.807, 2.05) is 0 Å². The fourth-order valence-electron chi connectivity index (χ4n) is 4.79. The van der Waals surface area contributed by atoms with Gasteiger partial charge in [-0.05, 0) is 37.5 Å². The molecule has 1 aliphatic carbocycles. The molecule has 218 valence electrons. The summed E-state index contributed by atoms with van der Waals surface area (Å²) in [4.78, 5) is 26.7. The average molecular weight is 651 g/mol. The van der Waals surface area contributed by atoms with Crippen LogP contribution in [0, 0.1) is 20.8 Å². The minimum absolute atomic E-state index is 0. The van der Waals surface area contributed by atoms with E-state index in [0.717, 1.165) is 0 Å². The molecule has 4 N–H and O–H groups in total. The van der Waals surface area contributed by atoms with Gasteiger partial charge in [-0.25, -0.2) is 16.8 Å². The van der Waals surface area contributed by atoms with Crippen LogP contribution >= 0.6 is 0 Å². The molecule has 0 saturated heterocycles. The Labute approximate surface area is 292 Å². The Hall–Kier alpha value is -1.86. The van der Waals surface area contributed by atoms with Gasteiger partial charge in [0.2, 0.25) is 10.4 Å². The molecule has 0 heterocycles. The first-order valence-corrected chi connectivity index (χ1v) is 14.6. The number of fused-ring (bicyclic) bond motifs is 2. The molecule has 0 fully saturated rings. The second kappa shape index (κ2) is 14.1. The Morgan fingerprint density at radius 2 is 1.47 bits per heavy atom. The number of nitrogen functional groups attached to an aromatic ring is 1. The third-order valence-corrected chi connectivity index (χ3v) is 8.00. The van der Waals surface area contributed by atoms with Crippen LogP contribution in [0.3, 0.4) is 0 Å². The molecule has 3 aromatic carbocycles. The maximum atomic E-state index is 13.6. The minimum atomic E-state index is -5.08. The van der Waals surface area contributed by atoms with Gasteiger partial charge < -0.3 is 30.0 Å². The molecule has 0 radical (unpaired) electrons. The summed E-state index contributed by atoms with van der Waals surface area (Å²) in [6.45, 7) is 2.99. The SMILES string of the molecule is Cc1cc(C)c(S(=O)(=O)[O-])c(C)c1Nc1cc(OCC(O)COS(=O)(=O)[O-])c(N)c2c1C(=O)c1ccccc1C2=O.[Na+].[Na+]. The summed E-state index contributed by atoms with van der Waals surface area (Å²) in [5, 5.41) is 13.0. The van der Waals surface area contributed by atoms with E-state index in [9.17, 15) is 40.6 Å². The van der Waals surface area contributed by atoms with Gasteiger partial charge in [0.05, 0.1) is 34.0 Å². The molecule has 43 heavy (non-hydrogen) atoms. The standard InChI is InChI=1S/C26H26N2O11S2.2Na/c1-12-8-13(2)26(40(32,33)34)14(3)23(12)28-18-9-19(38-10-15(29)11-39-41(35,36)37)22(27)21-20(18)24(30)16-6-4-5-7-17(16)25(21)31;;/h4-9,15,28-29H,10-11,27H2,1-3H3,(H,32,33,34)(H,35,36,37);;/q;2*+1/p-2. The zero-order valence-electron chi connectivity index (χ0n) is 23.9. The molecule has 0 saturated carbocycles. The largest absolute Gasteiger partial charge is 1.00 e. The van der Waals surface area contributed by atoms with Crippen molar-refractivity contribution in [3.05, 3.63) is 75.3 Å². The van der Waals surface area contributed by atoms with Gasteiger partial charge in [0.1, 0.15) is 28.6 Å². The Bertz CT molecular complexity index is 1830. The van der Waals surface area contributed by atoms with Crippen molar-refractivity contribution in [2.24, 2.45) is 0 Å². The molecule has 0 aliphatic heterocycles. The van der Waals surface area contributed by atoms with Gasteiger partial charge in [0, 0.05) is 22.9 Å². The summed E-state index contributed by atoms with van der Waals surface area (Å²) in [7, 11) is -9.96.